The van der Waals surface area contributed by atoms with Crippen molar-refractivity contribution in [2.24, 2.45) is 0 Å². The summed E-state index contributed by atoms with van der Waals surface area (Å²) in [5.41, 5.74) is 4.89. The van der Waals surface area contributed by atoms with Crippen LogP contribution in [-0.2, 0) is 0 Å². The van der Waals surface area contributed by atoms with Crippen LogP contribution in [0.3, 0.4) is 0 Å². The second-order valence-corrected chi connectivity index (χ2v) is 5.43. The summed E-state index contributed by atoms with van der Waals surface area (Å²) in [4.78, 5) is 8.36. The lowest BCUT2D eigenvalue weighted by molar-refractivity contribution is 0.642. The highest BCUT2D eigenvalue weighted by molar-refractivity contribution is 5.83. The Morgan fingerprint density at radius 3 is 2.33 bits per heavy atom. The van der Waals surface area contributed by atoms with Crippen molar-refractivity contribution in [3.8, 4) is 11.1 Å². The normalized spacial score (nSPS) is 11.2. The second-order valence-electron chi connectivity index (χ2n) is 5.43. The number of hydrogen-bond donors (Lipinski definition) is 0. The van der Waals surface area contributed by atoms with E-state index in [0.717, 1.165) is 10.9 Å². The Bertz CT molecular complexity index is 728. The van der Waals surface area contributed by atoms with Gasteiger partial charge in [-0.2, -0.15) is 0 Å². The first-order chi connectivity index (χ1) is 10.3. The summed E-state index contributed by atoms with van der Waals surface area (Å²) in [6.45, 7) is 4.51. The topological polar surface area (TPSA) is 25.8 Å². The van der Waals surface area contributed by atoms with E-state index in [1.807, 2.05) is 6.20 Å². The fourth-order valence-electron chi connectivity index (χ4n) is 2.87. The van der Waals surface area contributed by atoms with E-state index in [9.17, 15) is 0 Å². The third-order valence-corrected chi connectivity index (χ3v) is 4.21. The van der Waals surface area contributed by atoms with Crippen LogP contribution in [0.25, 0.3) is 22.0 Å². The van der Waals surface area contributed by atoms with Crippen LogP contribution < -0.4 is 0 Å². The average molecular weight is 276 g/mol. The minimum absolute atomic E-state index is 0.670. The Kier molecular flexibility index (Phi) is 3.96. The van der Waals surface area contributed by atoms with Crippen LogP contribution in [0.2, 0.25) is 0 Å². The van der Waals surface area contributed by atoms with Gasteiger partial charge in [0.1, 0.15) is 6.33 Å². The molecule has 0 aliphatic heterocycles. The van der Waals surface area contributed by atoms with Crippen LogP contribution >= 0.6 is 0 Å². The van der Waals surface area contributed by atoms with Gasteiger partial charge in [0.2, 0.25) is 0 Å². The van der Waals surface area contributed by atoms with Gasteiger partial charge in [-0.25, -0.2) is 9.97 Å². The largest absolute Gasteiger partial charge is 0.244 e. The van der Waals surface area contributed by atoms with E-state index in [1.54, 1.807) is 6.33 Å². The predicted molar refractivity (Wildman–Crippen MR) is 88.3 cm³/mol. The maximum atomic E-state index is 4.26. The molecule has 0 aliphatic carbocycles. The SMILES string of the molecule is CCC(CC)c1ccc(-c2ccc3ncncc3c2)cc1. The lowest BCUT2D eigenvalue weighted by Crippen LogP contribution is -1.94. The molecule has 0 bridgehead atoms. The van der Waals surface area contributed by atoms with Crippen molar-refractivity contribution in [1.82, 2.24) is 9.97 Å². The van der Waals surface area contributed by atoms with Crippen LogP contribution in [0.4, 0.5) is 0 Å². The van der Waals surface area contributed by atoms with Gasteiger partial charge < -0.3 is 0 Å². The molecule has 0 unspecified atom stereocenters. The van der Waals surface area contributed by atoms with Crippen molar-refractivity contribution >= 4 is 10.9 Å². The highest BCUT2D eigenvalue weighted by Gasteiger charge is 2.07. The van der Waals surface area contributed by atoms with Gasteiger partial charge in [0.15, 0.2) is 0 Å². The zero-order valence-corrected chi connectivity index (χ0v) is 12.6. The van der Waals surface area contributed by atoms with Crippen LogP contribution in [0, 0.1) is 0 Å². The summed E-state index contributed by atoms with van der Waals surface area (Å²) >= 11 is 0. The molecule has 1 heterocycles. The molecule has 0 amide bonds. The molecule has 1 aromatic heterocycles. The van der Waals surface area contributed by atoms with Gasteiger partial charge in [0.05, 0.1) is 5.52 Å². The van der Waals surface area contributed by atoms with Crippen molar-refractivity contribution in [1.29, 1.82) is 0 Å². The first-order valence-electron chi connectivity index (χ1n) is 7.62. The molecule has 0 fully saturated rings. The fraction of sp³-hybridized carbons (Fsp3) is 0.263. The number of rotatable bonds is 4. The zero-order chi connectivity index (χ0) is 14.7. The Balaban J connectivity index is 1.95. The molecule has 0 saturated heterocycles. The lowest BCUT2D eigenvalue weighted by Gasteiger charge is -2.13. The van der Waals surface area contributed by atoms with Crippen LogP contribution in [0.5, 0.6) is 0 Å². The molecule has 2 aromatic carbocycles. The molecule has 0 saturated carbocycles. The summed E-state index contributed by atoms with van der Waals surface area (Å²) < 4.78 is 0. The second kappa shape index (κ2) is 6.04. The Hall–Kier alpha value is -2.22. The van der Waals surface area contributed by atoms with Crippen molar-refractivity contribution in [3.05, 3.63) is 60.6 Å². The number of hydrogen-bond acceptors (Lipinski definition) is 2. The minimum Gasteiger partial charge on any atom is -0.244 e. The van der Waals surface area contributed by atoms with E-state index in [4.69, 9.17) is 0 Å². The highest BCUT2D eigenvalue weighted by Crippen LogP contribution is 2.27. The van der Waals surface area contributed by atoms with Crippen LogP contribution in [0.1, 0.15) is 38.2 Å². The van der Waals surface area contributed by atoms with Crippen LogP contribution in [0.15, 0.2) is 55.0 Å². The van der Waals surface area contributed by atoms with E-state index in [0.29, 0.717) is 5.92 Å². The van der Waals surface area contributed by atoms with E-state index >= 15 is 0 Å². The lowest BCUT2D eigenvalue weighted by atomic mass is 9.92. The molecule has 3 aromatic rings. The maximum Gasteiger partial charge on any atom is 0.116 e. The van der Waals surface area contributed by atoms with E-state index in [-0.39, 0.29) is 0 Å². The molecule has 3 rings (SSSR count). The monoisotopic (exact) mass is 276 g/mol. The molecule has 106 valence electrons. The predicted octanol–water partition coefficient (Wildman–Crippen LogP) is 5.20. The molecule has 0 atom stereocenters. The molecule has 0 aliphatic rings. The average Bonchev–Trinajstić information content (AvgIpc) is 2.56. The molecule has 21 heavy (non-hydrogen) atoms. The van der Waals surface area contributed by atoms with Gasteiger partial charge in [0.25, 0.3) is 0 Å². The van der Waals surface area contributed by atoms with Crippen LogP contribution in [-0.4, -0.2) is 9.97 Å². The van der Waals surface area contributed by atoms with Gasteiger partial charge in [-0.1, -0.05) is 44.2 Å². The van der Waals surface area contributed by atoms with Crippen molar-refractivity contribution < 1.29 is 0 Å². The smallest absolute Gasteiger partial charge is 0.116 e. The summed E-state index contributed by atoms with van der Waals surface area (Å²) in [5, 5.41) is 1.08. The third kappa shape index (κ3) is 2.80. The Morgan fingerprint density at radius 1 is 0.905 bits per heavy atom. The molecular formula is C19H20N2. The number of nitrogens with zero attached hydrogens (tertiary/aromatic N) is 2. The number of fused-ring (bicyclic) bond motifs is 1. The number of aromatic nitrogens is 2. The summed E-state index contributed by atoms with van der Waals surface area (Å²) in [6.07, 6.45) is 5.85. The van der Waals surface area contributed by atoms with Crippen molar-refractivity contribution in [2.45, 2.75) is 32.6 Å². The zero-order valence-electron chi connectivity index (χ0n) is 12.6. The Labute approximate surface area is 125 Å². The fourth-order valence-corrected chi connectivity index (χ4v) is 2.87. The Morgan fingerprint density at radius 2 is 1.62 bits per heavy atom. The molecule has 0 N–H and O–H groups in total. The maximum absolute atomic E-state index is 4.26. The van der Waals surface area contributed by atoms with E-state index in [1.165, 1.54) is 29.5 Å². The third-order valence-electron chi connectivity index (χ3n) is 4.21. The molecule has 2 nitrogen and oxygen atoms in total. The van der Waals surface area contributed by atoms with Gasteiger partial charge in [0, 0.05) is 11.6 Å². The van der Waals surface area contributed by atoms with Crippen molar-refractivity contribution in [3.63, 3.8) is 0 Å². The first-order valence-corrected chi connectivity index (χ1v) is 7.62. The molecule has 0 radical (unpaired) electrons. The highest BCUT2D eigenvalue weighted by atomic mass is 14.8. The molecule has 0 spiro atoms. The van der Waals surface area contributed by atoms with E-state index in [2.05, 4.69) is 66.3 Å². The van der Waals surface area contributed by atoms with Gasteiger partial charge in [-0.15, -0.1) is 0 Å². The molecule has 2 heteroatoms. The quantitative estimate of drug-likeness (QED) is 0.654. The minimum atomic E-state index is 0.670. The van der Waals surface area contributed by atoms with E-state index < -0.39 is 0 Å². The number of benzene rings is 2. The molecular weight excluding hydrogens is 256 g/mol. The summed E-state index contributed by atoms with van der Waals surface area (Å²) in [7, 11) is 0. The summed E-state index contributed by atoms with van der Waals surface area (Å²) in [5.74, 6) is 0.670. The summed E-state index contributed by atoms with van der Waals surface area (Å²) in [6, 6.07) is 15.3. The first kappa shape index (κ1) is 13.7. The van der Waals surface area contributed by atoms with Gasteiger partial charge in [-0.3, -0.25) is 0 Å². The van der Waals surface area contributed by atoms with Gasteiger partial charge >= 0.3 is 0 Å². The standard InChI is InChI=1S/C19H20N2/c1-3-14(4-2)15-5-7-16(8-6-15)17-9-10-19-18(11-17)12-20-13-21-19/h5-14H,3-4H2,1-2H3. The van der Waals surface area contributed by atoms with Gasteiger partial charge in [-0.05, 0) is 47.6 Å². The van der Waals surface area contributed by atoms with Crippen molar-refractivity contribution in [2.75, 3.05) is 0 Å².